The van der Waals surface area contributed by atoms with Crippen molar-refractivity contribution in [2.45, 2.75) is 30.4 Å². The lowest BCUT2D eigenvalue weighted by molar-refractivity contribution is -0.143. The molecular weight excluding hydrogens is 318 g/mol. The van der Waals surface area contributed by atoms with Crippen molar-refractivity contribution in [2.24, 2.45) is 0 Å². The minimum absolute atomic E-state index is 0.139. The number of carboxylic acid groups (broad SMARTS) is 1. The molecule has 1 unspecified atom stereocenters. The fourth-order valence-electron chi connectivity index (χ4n) is 3.00. The molecular formula is C16H19NO5S. The van der Waals surface area contributed by atoms with E-state index in [1.807, 2.05) is 30.3 Å². The quantitative estimate of drug-likeness (QED) is 0.912. The van der Waals surface area contributed by atoms with Crippen molar-refractivity contribution in [2.75, 3.05) is 19.0 Å². The summed E-state index contributed by atoms with van der Waals surface area (Å²) in [7, 11) is 0. The van der Waals surface area contributed by atoms with Crippen LogP contribution in [0.3, 0.4) is 0 Å². The number of carbonyl (C=O) groups is 2. The van der Waals surface area contributed by atoms with Gasteiger partial charge < -0.3 is 14.6 Å². The lowest BCUT2D eigenvalue weighted by Gasteiger charge is -2.40. The normalized spacial score (nSPS) is 23.0. The molecule has 1 atom stereocenters. The molecule has 0 aromatic heterocycles. The van der Waals surface area contributed by atoms with Crippen LogP contribution in [0, 0.1) is 0 Å². The number of carboxylic acids is 1. The first-order valence-electron chi connectivity index (χ1n) is 7.57. The third kappa shape index (κ3) is 3.30. The maximum atomic E-state index is 12.6. The topological polar surface area (TPSA) is 76.1 Å². The highest BCUT2D eigenvalue weighted by molar-refractivity contribution is 8.01. The molecule has 23 heavy (non-hydrogen) atoms. The van der Waals surface area contributed by atoms with Crippen molar-refractivity contribution in [3.63, 3.8) is 0 Å². The first kappa shape index (κ1) is 16.1. The summed E-state index contributed by atoms with van der Waals surface area (Å²) in [4.78, 5) is 25.0. The highest BCUT2D eigenvalue weighted by atomic mass is 32.2. The van der Waals surface area contributed by atoms with Crippen molar-refractivity contribution in [1.29, 1.82) is 0 Å². The maximum absolute atomic E-state index is 12.6. The van der Waals surface area contributed by atoms with Gasteiger partial charge in [0, 0.05) is 31.8 Å². The van der Waals surface area contributed by atoms with Gasteiger partial charge in [-0.1, -0.05) is 30.3 Å². The molecule has 7 heteroatoms. The number of amides is 1. The van der Waals surface area contributed by atoms with Gasteiger partial charge in [0.1, 0.15) is 12.6 Å². The Morgan fingerprint density at radius 3 is 2.65 bits per heavy atom. The highest BCUT2D eigenvalue weighted by Gasteiger charge is 2.53. The minimum Gasteiger partial charge on any atom is -0.480 e. The molecule has 0 bridgehead atoms. The fraction of sp³-hybridized carbons (Fsp3) is 0.500. The summed E-state index contributed by atoms with van der Waals surface area (Å²) in [5, 5.41) is 9.44. The number of carbonyl (C=O) groups excluding carboxylic acids is 1. The van der Waals surface area contributed by atoms with E-state index < -0.39 is 23.0 Å². The van der Waals surface area contributed by atoms with Crippen LogP contribution in [0.2, 0.25) is 0 Å². The zero-order chi connectivity index (χ0) is 16.3. The van der Waals surface area contributed by atoms with Crippen LogP contribution in [0.1, 0.15) is 18.4 Å². The Labute approximate surface area is 138 Å². The second-order valence-corrected chi connectivity index (χ2v) is 7.02. The molecule has 0 aliphatic carbocycles. The van der Waals surface area contributed by atoms with Gasteiger partial charge in [0.15, 0.2) is 0 Å². The zero-order valence-corrected chi connectivity index (χ0v) is 13.5. The number of hydrogen-bond acceptors (Lipinski definition) is 5. The molecule has 0 saturated carbocycles. The lowest BCUT2D eigenvalue weighted by Crippen LogP contribution is -2.54. The second kappa shape index (κ2) is 6.80. The summed E-state index contributed by atoms with van der Waals surface area (Å²) in [6, 6.07) is 8.51. The Morgan fingerprint density at radius 2 is 2.00 bits per heavy atom. The van der Waals surface area contributed by atoms with E-state index in [2.05, 4.69) is 0 Å². The molecule has 3 rings (SSSR count). The summed E-state index contributed by atoms with van der Waals surface area (Å²) >= 11 is 1.52. The molecule has 1 aromatic rings. The van der Waals surface area contributed by atoms with Gasteiger partial charge in [0.05, 0.1) is 4.87 Å². The summed E-state index contributed by atoms with van der Waals surface area (Å²) in [6.07, 6.45) is 0.692. The molecule has 0 radical (unpaired) electrons. The van der Waals surface area contributed by atoms with E-state index in [4.69, 9.17) is 9.47 Å². The van der Waals surface area contributed by atoms with Crippen molar-refractivity contribution < 1.29 is 24.2 Å². The molecule has 124 valence electrons. The van der Waals surface area contributed by atoms with E-state index in [9.17, 15) is 14.7 Å². The molecule has 6 nitrogen and oxygen atoms in total. The Balaban J connectivity index is 1.74. The number of rotatable bonds is 3. The van der Waals surface area contributed by atoms with Crippen molar-refractivity contribution in [3.05, 3.63) is 35.9 Å². The van der Waals surface area contributed by atoms with E-state index in [0.29, 0.717) is 31.8 Å². The molecule has 1 spiro atoms. The van der Waals surface area contributed by atoms with Gasteiger partial charge in [-0.05, 0) is 5.56 Å². The summed E-state index contributed by atoms with van der Waals surface area (Å²) in [5.41, 5.74) is 0.876. The third-order valence-electron chi connectivity index (χ3n) is 4.22. The molecule has 2 aliphatic heterocycles. The number of ether oxygens (including phenoxy) is 2. The van der Waals surface area contributed by atoms with Crippen molar-refractivity contribution >= 4 is 23.8 Å². The van der Waals surface area contributed by atoms with Gasteiger partial charge in [-0.2, -0.15) is 0 Å². The van der Waals surface area contributed by atoms with Gasteiger partial charge in [-0.3, -0.25) is 4.90 Å². The Morgan fingerprint density at radius 1 is 1.30 bits per heavy atom. The Hall–Kier alpha value is -1.73. The number of hydrogen-bond donors (Lipinski definition) is 1. The van der Waals surface area contributed by atoms with Crippen LogP contribution in [0.4, 0.5) is 4.79 Å². The van der Waals surface area contributed by atoms with Gasteiger partial charge in [0.25, 0.3) is 0 Å². The van der Waals surface area contributed by atoms with E-state index >= 15 is 0 Å². The van der Waals surface area contributed by atoms with Gasteiger partial charge in [0.2, 0.25) is 0 Å². The molecule has 1 amide bonds. The minimum atomic E-state index is -0.988. The number of benzene rings is 1. The van der Waals surface area contributed by atoms with Gasteiger partial charge in [-0.25, -0.2) is 9.59 Å². The van der Waals surface area contributed by atoms with Crippen LogP contribution >= 0.6 is 11.8 Å². The number of nitrogens with zero attached hydrogens (tertiary/aromatic N) is 1. The van der Waals surface area contributed by atoms with Gasteiger partial charge >= 0.3 is 12.1 Å². The highest BCUT2D eigenvalue weighted by Crippen LogP contribution is 2.46. The summed E-state index contributed by atoms with van der Waals surface area (Å²) < 4.78 is 10.8. The second-order valence-electron chi connectivity index (χ2n) is 5.63. The Bertz CT molecular complexity index is 573. The monoisotopic (exact) mass is 337 g/mol. The molecule has 1 N–H and O–H groups in total. The largest absolute Gasteiger partial charge is 0.480 e. The first-order valence-corrected chi connectivity index (χ1v) is 8.55. The van der Waals surface area contributed by atoms with E-state index in [1.165, 1.54) is 16.7 Å². The first-order chi connectivity index (χ1) is 11.1. The maximum Gasteiger partial charge on any atom is 0.412 e. The predicted octanol–water partition coefficient (Wildman–Crippen LogP) is 2.33. The Kier molecular flexibility index (Phi) is 4.77. The van der Waals surface area contributed by atoms with Crippen molar-refractivity contribution in [1.82, 2.24) is 4.90 Å². The van der Waals surface area contributed by atoms with E-state index in [-0.39, 0.29) is 6.61 Å². The molecule has 2 fully saturated rings. The molecule has 2 aliphatic rings. The van der Waals surface area contributed by atoms with Crippen LogP contribution in [0.25, 0.3) is 0 Å². The van der Waals surface area contributed by atoms with Gasteiger partial charge in [-0.15, -0.1) is 11.8 Å². The average Bonchev–Trinajstić information content (AvgIpc) is 2.93. The average molecular weight is 337 g/mol. The number of thioether (sulfide) groups is 1. The summed E-state index contributed by atoms with van der Waals surface area (Å²) in [6.45, 7) is 1.20. The van der Waals surface area contributed by atoms with Crippen LogP contribution in [0.15, 0.2) is 30.3 Å². The smallest absolute Gasteiger partial charge is 0.412 e. The van der Waals surface area contributed by atoms with E-state index in [1.54, 1.807) is 0 Å². The van der Waals surface area contributed by atoms with Crippen LogP contribution in [-0.2, 0) is 20.9 Å². The van der Waals surface area contributed by atoms with E-state index in [0.717, 1.165) is 5.56 Å². The zero-order valence-electron chi connectivity index (χ0n) is 12.6. The van der Waals surface area contributed by atoms with Crippen LogP contribution < -0.4 is 0 Å². The third-order valence-corrected chi connectivity index (χ3v) is 5.85. The SMILES string of the molecule is O=C(O)C1CSC2(CCOCC2)N1C(=O)OCc1ccccc1. The molecule has 2 heterocycles. The number of aliphatic carboxylic acids is 1. The summed E-state index contributed by atoms with van der Waals surface area (Å²) in [5.74, 6) is -0.604. The predicted molar refractivity (Wildman–Crippen MR) is 85.1 cm³/mol. The standard InChI is InChI=1S/C16H19NO5S/c18-14(19)13-11-23-16(6-8-21-9-7-16)17(13)15(20)22-10-12-4-2-1-3-5-12/h1-5,13H,6-11H2,(H,18,19). The van der Waals surface area contributed by atoms with Crippen LogP contribution in [-0.4, -0.2) is 51.9 Å². The lowest BCUT2D eigenvalue weighted by atomic mass is 10.0. The van der Waals surface area contributed by atoms with Crippen LogP contribution in [0.5, 0.6) is 0 Å². The fourth-order valence-corrected chi connectivity index (χ4v) is 4.56. The van der Waals surface area contributed by atoms with Crippen molar-refractivity contribution in [3.8, 4) is 0 Å². The molecule has 2 saturated heterocycles. The molecule has 1 aromatic carbocycles.